The highest BCUT2D eigenvalue weighted by atomic mass is 16.5. The lowest BCUT2D eigenvalue weighted by Gasteiger charge is -2.12. The molecule has 1 rings (SSSR count). The minimum Gasteiger partial charge on any atom is -0.493 e. The van der Waals surface area contributed by atoms with Gasteiger partial charge in [-0.05, 0) is 24.6 Å². The number of carbonyl (C=O) groups is 1. The summed E-state index contributed by atoms with van der Waals surface area (Å²) in [5.74, 6) is 0.958. The summed E-state index contributed by atoms with van der Waals surface area (Å²) in [6, 6.07) is 3.52. The molecule has 0 aliphatic rings. The van der Waals surface area contributed by atoms with Gasteiger partial charge in [0.1, 0.15) is 0 Å². The van der Waals surface area contributed by atoms with Crippen LogP contribution in [0.2, 0.25) is 0 Å². The summed E-state index contributed by atoms with van der Waals surface area (Å²) in [4.78, 5) is 11.2. The quantitative estimate of drug-likeness (QED) is 0.792. The predicted octanol–water partition coefficient (Wildman–Crippen LogP) is 2.14. The molecule has 16 heavy (non-hydrogen) atoms. The maximum Gasteiger partial charge on any atom is 0.247 e. The van der Waals surface area contributed by atoms with E-state index in [0.717, 1.165) is 5.56 Å². The zero-order chi connectivity index (χ0) is 12.1. The topological polar surface area (TPSA) is 47.6 Å². The Morgan fingerprint density at radius 3 is 2.38 bits per heavy atom. The van der Waals surface area contributed by atoms with Gasteiger partial charge in [-0.15, -0.1) is 0 Å². The highest BCUT2D eigenvalue weighted by Gasteiger charge is 2.09. The first-order valence-electron chi connectivity index (χ1n) is 4.78. The molecule has 1 N–H and O–H groups in total. The Kier molecular flexibility index (Phi) is 3.94. The Labute approximate surface area is 94.9 Å². The number of benzene rings is 1. The average molecular weight is 221 g/mol. The third-order valence-electron chi connectivity index (χ3n) is 2.17. The van der Waals surface area contributed by atoms with Gasteiger partial charge in [0.15, 0.2) is 11.5 Å². The number of carbonyl (C=O) groups excluding carboxylic acids is 1. The minimum atomic E-state index is -0.254. The molecule has 0 atom stereocenters. The van der Waals surface area contributed by atoms with Crippen LogP contribution >= 0.6 is 0 Å². The Hall–Kier alpha value is -1.97. The normalized spacial score (nSPS) is 9.44. The van der Waals surface area contributed by atoms with Crippen LogP contribution in [0, 0.1) is 6.92 Å². The van der Waals surface area contributed by atoms with E-state index in [0.29, 0.717) is 17.2 Å². The Bertz CT molecular complexity index is 413. The second kappa shape index (κ2) is 5.21. The first kappa shape index (κ1) is 12.1. The van der Waals surface area contributed by atoms with E-state index >= 15 is 0 Å². The number of hydrogen-bond donors (Lipinski definition) is 1. The largest absolute Gasteiger partial charge is 0.493 e. The summed E-state index contributed by atoms with van der Waals surface area (Å²) in [6.45, 7) is 5.27. The zero-order valence-corrected chi connectivity index (χ0v) is 9.66. The van der Waals surface area contributed by atoms with Crippen molar-refractivity contribution in [3.8, 4) is 11.5 Å². The number of hydrogen-bond acceptors (Lipinski definition) is 3. The number of ether oxygens (including phenoxy) is 2. The van der Waals surface area contributed by atoms with Crippen LogP contribution in [0.5, 0.6) is 11.5 Å². The first-order chi connectivity index (χ1) is 7.62. The van der Waals surface area contributed by atoms with Crippen LogP contribution in [0.3, 0.4) is 0 Å². The van der Waals surface area contributed by atoms with Crippen LogP contribution in [-0.4, -0.2) is 20.1 Å². The third kappa shape index (κ3) is 2.53. The van der Waals surface area contributed by atoms with Gasteiger partial charge < -0.3 is 14.8 Å². The van der Waals surface area contributed by atoms with Crippen molar-refractivity contribution in [3.05, 3.63) is 30.4 Å². The monoisotopic (exact) mass is 221 g/mol. The summed E-state index contributed by atoms with van der Waals surface area (Å²) in [5.41, 5.74) is 1.58. The van der Waals surface area contributed by atoms with Crippen LogP contribution in [0.15, 0.2) is 24.8 Å². The Morgan fingerprint density at radius 1 is 1.31 bits per heavy atom. The van der Waals surface area contributed by atoms with E-state index < -0.39 is 0 Å². The molecule has 0 aliphatic heterocycles. The summed E-state index contributed by atoms with van der Waals surface area (Å²) < 4.78 is 10.3. The van der Waals surface area contributed by atoms with Gasteiger partial charge in [0.05, 0.1) is 14.2 Å². The predicted molar refractivity (Wildman–Crippen MR) is 63.1 cm³/mol. The molecule has 0 radical (unpaired) electrons. The maximum absolute atomic E-state index is 11.2. The van der Waals surface area contributed by atoms with Crippen LogP contribution in [0.1, 0.15) is 5.56 Å². The van der Waals surface area contributed by atoms with Crippen LogP contribution in [0.4, 0.5) is 5.69 Å². The average Bonchev–Trinajstić information content (AvgIpc) is 2.30. The maximum atomic E-state index is 11.2. The van der Waals surface area contributed by atoms with E-state index in [1.807, 2.05) is 6.92 Å². The van der Waals surface area contributed by atoms with Crippen molar-refractivity contribution in [2.24, 2.45) is 0 Å². The second-order valence-electron chi connectivity index (χ2n) is 3.22. The minimum absolute atomic E-state index is 0.254. The highest BCUT2D eigenvalue weighted by molar-refractivity contribution is 5.99. The summed E-state index contributed by atoms with van der Waals surface area (Å²) in [6.07, 6.45) is 1.22. The molecular formula is C12H15NO3. The molecule has 4 heteroatoms. The fourth-order valence-corrected chi connectivity index (χ4v) is 1.30. The molecule has 0 aliphatic carbocycles. The smallest absolute Gasteiger partial charge is 0.247 e. The van der Waals surface area contributed by atoms with Crippen molar-refractivity contribution >= 4 is 11.6 Å². The fraction of sp³-hybridized carbons (Fsp3) is 0.250. The lowest BCUT2D eigenvalue weighted by molar-refractivity contribution is -0.111. The molecular weight excluding hydrogens is 206 g/mol. The summed E-state index contributed by atoms with van der Waals surface area (Å²) >= 11 is 0. The molecule has 1 aromatic rings. The van der Waals surface area contributed by atoms with Crippen LogP contribution in [-0.2, 0) is 4.79 Å². The van der Waals surface area contributed by atoms with Crippen LogP contribution in [0.25, 0.3) is 0 Å². The lowest BCUT2D eigenvalue weighted by atomic mass is 10.1. The molecule has 0 aromatic heterocycles. The van der Waals surface area contributed by atoms with Crippen LogP contribution < -0.4 is 14.8 Å². The third-order valence-corrected chi connectivity index (χ3v) is 2.17. The molecule has 0 saturated heterocycles. The van der Waals surface area contributed by atoms with Crippen molar-refractivity contribution in [3.63, 3.8) is 0 Å². The van der Waals surface area contributed by atoms with E-state index in [1.165, 1.54) is 6.08 Å². The van der Waals surface area contributed by atoms with Gasteiger partial charge in [-0.1, -0.05) is 6.58 Å². The molecule has 1 amide bonds. The molecule has 1 aromatic carbocycles. The molecule has 86 valence electrons. The first-order valence-corrected chi connectivity index (χ1v) is 4.78. The van der Waals surface area contributed by atoms with Gasteiger partial charge >= 0.3 is 0 Å². The van der Waals surface area contributed by atoms with Gasteiger partial charge in [0, 0.05) is 11.8 Å². The molecule has 0 bridgehead atoms. The molecule has 0 heterocycles. The fourth-order valence-electron chi connectivity index (χ4n) is 1.30. The number of amides is 1. The standard InChI is InChI=1S/C12H15NO3/c1-5-12(14)13-9-7-11(16-4)10(15-3)6-8(9)2/h5-7H,1H2,2-4H3,(H,13,14). The van der Waals surface area contributed by atoms with E-state index in [-0.39, 0.29) is 5.91 Å². The number of rotatable bonds is 4. The molecule has 0 unspecified atom stereocenters. The van der Waals surface area contributed by atoms with Gasteiger partial charge in [0.2, 0.25) is 5.91 Å². The number of methoxy groups -OCH3 is 2. The number of aryl methyl sites for hydroxylation is 1. The summed E-state index contributed by atoms with van der Waals surface area (Å²) in [5, 5.41) is 2.69. The van der Waals surface area contributed by atoms with E-state index in [9.17, 15) is 4.79 Å². The van der Waals surface area contributed by atoms with Crippen molar-refractivity contribution < 1.29 is 14.3 Å². The second-order valence-corrected chi connectivity index (χ2v) is 3.22. The number of nitrogens with one attached hydrogen (secondary N) is 1. The van der Waals surface area contributed by atoms with Crippen molar-refractivity contribution in [2.75, 3.05) is 19.5 Å². The van der Waals surface area contributed by atoms with Crippen molar-refractivity contribution in [1.29, 1.82) is 0 Å². The highest BCUT2D eigenvalue weighted by Crippen LogP contribution is 2.32. The SMILES string of the molecule is C=CC(=O)Nc1cc(OC)c(OC)cc1C. The van der Waals surface area contributed by atoms with Crippen molar-refractivity contribution in [2.45, 2.75) is 6.92 Å². The van der Waals surface area contributed by atoms with E-state index in [4.69, 9.17) is 9.47 Å². The molecule has 0 spiro atoms. The Morgan fingerprint density at radius 2 is 1.88 bits per heavy atom. The molecule has 0 fully saturated rings. The van der Waals surface area contributed by atoms with E-state index in [2.05, 4.69) is 11.9 Å². The van der Waals surface area contributed by atoms with E-state index in [1.54, 1.807) is 26.4 Å². The Balaban J connectivity index is 3.10. The van der Waals surface area contributed by atoms with Gasteiger partial charge in [-0.3, -0.25) is 4.79 Å². The van der Waals surface area contributed by atoms with Gasteiger partial charge in [-0.25, -0.2) is 0 Å². The lowest BCUT2D eigenvalue weighted by Crippen LogP contribution is -2.09. The molecule has 4 nitrogen and oxygen atoms in total. The zero-order valence-electron chi connectivity index (χ0n) is 9.66. The summed E-state index contributed by atoms with van der Waals surface area (Å²) in [7, 11) is 3.12. The van der Waals surface area contributed by atoms with Gasteiger partial charge in [-0.2, -0.15) is 0 Å². The van der Waals surface area contributed by atoms with Crippen molar-refractivity contribution in [1.82, 2.24) is 0 Å². The molecule has 0 saturated carbocycles. The van der Waals surface area contributed by atoms with Gasteiger partial charge in [0.25, 0.3) is 0 Å². The number of anilines is 1.